The zero-order chi connectivity index (χ0) is 25.6. The topological polar surface area (TPSA) is 258 Å². The summed E-state index contributed by atoms with van der Waals surface area (Å²) < 4.78 is 10.7. The highest BCUT2D eigenvalue weighted by molar-refractivity contribution is 6.01. The van der Waals surface area contributed by atoms with Crippen molar-refractivity contribution in [3.8, 4) is 17.2 Å². The minimum Gasteiger partial charge on any atom is -0.507 e. The molecule has 2 heterocycles. The highest BCUT2D eigenvalue weighted by Gasteiger charge is 2.50. The number of carbonyl (C=O) groups is 1. The molecule has 2 fully saturated rings. The van der Waals surface area contributed by atoms with Gasteiger partial charge in [0.2, 0.25) is 0 Å². The smallest absolute Gasteiger partial charge is 0.167 e. The van der Waals surface area contributed by atoms with Crippen molar-refractivity contribution in [3.63, 3.8) is 0 Å². The van der Waals surface area contributed by atoms with Crippen LogP contribution in [0.4, 0.5) is 0 Å². The number of ether oxygens (including phenoxy) is 2. The Kier molecular flexibility index (Phi) is 7.69. The van der Waals surface area contributed by atoms with Gasteiger partial charge in [-0.1, -0.05) is 0 Å². The summed E-state index contributed by atoms with van der Waals surface area (Å²) in [6.07, 6.45) is -18.1. The van der Waals surface area contributed by atoms with Crippen molar-refractivity contribution in [1.82, 2.24) is 0 Å². The Hall–Kier alpha value is -2.11. The number of benzene rings is 1. The van der Waals surface area contributed by atoms with Gasteiger partial charge in [-0.05, 0) is 6.92 Å². The Bertz CT molecular complexity index is 854. The molecule has 1 aromatic rings. The number of Topliss-reactive ketones (excluding diaryl/α,β-unsaturated/α-hetero) is 1. The van der Waals surface area contributed by atoms with E-state index < -0.39 is 114 Å². The van der Waals surface area contributed by atoms with E-state index in [9.17, 15) is 61.0 Å². The predicted octanol–water partition coefficient (Wildman–Crippen LogP) is -3.96. The molecule has 1 aromatic carbocycles. The van der Waals surface area contributed by atoms with Crippen molar-refractivity contribution in [2.45, 2.75) is 68.0 Å². The monoisotopic (exact) mass is 492 g/mol. The van der Waals surface area contributed by atoms with Crippen molar-refractivity contribution < 1.29 is 70.4 Å². The van der Waals surface area contributed by atoms with Crippen LogP contribution in [0.5, 0.6) is 17.2 Å². The summed E-state index contributed by atoms with van der Waals surface area (Å²) in [5.41, 5.74) is -2.32. The van der Waals surface area contributed by atoms with E-state index in [0.717, 1.165) is 6.92 Å². The zero-order valence-corrected chi connectivity index (χ0v) is 17.8. The van der Waals surface area contributed by atoms with Crippen LogP contribution in [0.25, 0.3) is 0 Å². The average Bonchev–Trinajstić information content (AvgIpc) is 2.78. The first-order valence-corrected chi connectivity index (χ1v) is 10.3. The second-order valence-electron chi connectivity index (χ2n) is 8.30. The molecule has 192 valence electrons. The molecule has 14 nitrogen and oxygen atoms in total. The lowest BCUT2D eigenvalue weighted by Crippen LogP contribution is -2.55. The van der Waals surface area contributed by atoms with Crippen LogP contribution in [0.2, 0.25) is 0 Å². The van der Waals surface area contributed by atoms with E-state index in [4.69, 9.17) is 9.47 Å². The first-order valence-electron chi connectivity index (χ1n) is 10.3. The number of rotatable bonds is 5. The predicted molar refractivity (Wildman–Crippen MR) is 107 cm³/mol. The van der Waals surface area contributed by atoms with Gasteiger partial charge in [-0.15, -0.1) is 0 Å². The largest absolute Gasteiger partial charge is 0.507 e. The van der Waals surface area contributed by atoms with Gasteiger partial charge < -0.3 is 65.6 Å². The number of hydrogen-bond acceptors (Lipinski definition) is 14. The molecule has 0 aliphatic carbocycles. The Morgan fingerprint density at radius 1 is 0.647 bits per heavy atom. The van der Waals surface area contributed by atoms with Gasteiger partial charge in [0, 0.05) is 0 Å². The first kappa shape index (κ1) is 26.5. The maximum atomic E-state index is 12.2. The van der Waals surface area contributed by atoms with Gasteiger partial charge >= 0.3 is 0 Å². The molecule has 11 N–H and O–H groups in total. The van der Waals surface area contributed by atoms with Gasteiger partial charge in [0.15, 0.2) is 5.78 Å². The molecule has 10 atom stereocenters. The normalized spacial score (nSPS) is 38.6. The maximum absolute atomic E-state index is 12.2. The third kappa shape index (κ3) is 4.11. The van der Waals surface area contributed by atoms with E-state index in [-0.39, 0.29) is 0 Å². The molecule has 14 heteroatoms. The van der Waals surface area contributed by atoms with Crippen LogP contribution in [-0.2, 0) is 9.47 Å². The zero-order valence-electron chi connectivity index (χ0n) is 17.8. The fourth-order valence-corrected chi connectivity index (χ4v) is 4.30. The van der Waals surface area contributed by atoms with Crippen molar-refractivity contribution >= 4 is 5.78 Å². The fraction of sp³-hybridized carbons (Fsp3) is 0.650. The SMILES string of the molecule is CC(=O)c1c(O)c([C@@H]2O[C@H](CO)[C@@H](O)[C@H](O)[C@H]2O)c(O)c([C@@H]2O[C@H](CO)[C@@H](O)[C@H](O)[C@H]2O)c1O. The number of aromatic hydroxyl groups is 3. The number of carbonyl (C=O) groups excluding carboxylic acids is 1. The van der Waals surface area contributed by atoms with Crippen molar-refractivity contribution in [2.75, 3.05) is 13.2 Å². The Balaban J connectivity index is 2.25. The van der Waals surface area contributed by atoms with Crippen LogP contribution in [0, 0.1) is 0 Å². The lowest BCUT2D eigenvalue weighted by Gasteiger charge is -2.42. The summed E-state index contributed by atoms with van der Waals surface area (Å²) in [5, 5.41) is 112. The molecular formula is C20H28O14. The van der Waals surface area contributed by atoms with Crippen LogP contribution in [0.1, 0.15) is 40.6 Å². The minimum atomic E-state index is -2.01. The molecular weight excluding hydrogens is 464 g/mol. The highest BCUT2D eigenvalue weighted by atomic mass is 16.6. The third-order valence-corrected chi connectivity index (χ3v) is 6.20. The number of phenols is 3. The van der Waals surface area contributed by atoms with Gasteiger partial charge in [0.1, 0.15) is 83.9 Å². The lowest BCUT2D eigenvalue weighted by molar-refractivity contribution is -0.234. The maximum Gasteiger partial charge on any atom is 0.167 e. The van der Waals surface area contributed by atoms with E-state index in [2.05, 4.69) is 0 Å². The van der Waals surface area contributed by atoms with E-state index in [1.54, 1.807) is 0 Å². The molecule has 0 spiro atoms. The molecule has 3 rings (SSSR count). The molecule has 0 saturated carbocycles. The van der Waals surface area contributed by atoms with E-state index in [0.29, 0.717) is 0 Å². The first-order chi connectivity index (χ1) is 15.9. The number of phenolic OH excluding ortho intramolecular Hbond substituents is 3. The van der Waals surface area contributed by atoms with Crippen molar-refractivity contribution in [2.24, 2.45) is 0 Å². The minimum absolute atomic E-state index is 0.758. The molecule has 0 aromatic heterocycles. The molecule has 2 aliphatic heterocycles. The van der Waals surface area contributed by atoms with Gasteiger partial charge in [0.05, 0.1) is 24.3 Å². The van der Waals surface area contributed by atoms with Crippen molar-refractivity contribution in [1.29, 1.82) is 0 Å². The lowest BCUT2D eigenvalue weighted by atomic mass is 9.84. The quantitative estimate of drug-likeness (QED) is 0.175. The summed E-state index contributed by atoms with van der Waals surface area (Å²) >= 11 is 0. The molecule has 34 heavy (non-hydrogen) atoms. The van der Waals surface area contributed by atoms with Gasteiger partial charge in [0.25, 0.3) is 0 Å². The summed E-state index contributed by atoms with van der Waals surface area (Å²) in [6, 6.07) is 0. The standard InChI is InChI=1S/C20H28O14/c1-4(23)7-12(26)8(19-17(31)15(29)10(24)5(2-21)33-19)14(28)9(13(7)27)20-18(32)16(30)11(25)6(3-22)34-20/h5-6,10-11,15-22,24-32H,2-3H2,1H3/t5-,6-,10-,11-,15+,16+,17-,18-,19+,20+/m1/s1. The molecule has 2 saturated heterocycles. The molecule has 0 radical (unpaired) electrons. The van der Waals surface area contributed by atoms with Crippen LogP contribution in [-0.4, -0.2) is 124 Å². The summed E-state index contributed by atoms with van der Waals surface area (Å²) in [6.45, 7) is -0.764. The van der Waals surface area contributed by atoms with Crippen LogP contribution in [0.15, 0.2) is 0 Å². The fourth-order valence-electron chi connectivity index (χ4n) is 4.30. The summed E-state index contributed by atoms with van der Waals surface area (Å²) in [5.74, 6) is -4.18. The van der Waals surface area contributed by atoms with Crippen LogP contribution in [0.3, 0.4) is 0 Å². The second kappa shape index (κ2) is 9.87. The number of hydrogen-bond donors (Lipinski definition) is 11. The van der Waals surface area contributed by atoms with Crippen LogP contribution < -0.4 is 0 Å². The van der Waals surface area contributed by atoms with Crippen LogP contribution >= 0.6 is 0 Å². The summed E-state index contributed by atoms with van der Waals surface area (Å²) in [7, 11) is 0. The third-order valence-electron chi connectivity index (χ3n) is 6.20. The Morgan fingerprint density at radius 2 is 1.00 bits per heavy atom. The van der Waals surface area contributed by atoms with Gasteiger partial charge in [-0.3, -0.25) is 4.79 Å². The molecule has 2 aliphatic rings. The number of ketones is 1. The van der Waals surface area contributed by atoms with Gasteiger partial charge in [-0.25, -0.2) is 0 Å². The number of aliphatic hydroxyl groups is 8. The average molecular weight is 492 g/mol. The van der Waals surface area contributed by atoms with Gasteiger partial charge in [-0.2, -0.15) is 0 Å². The Labute approximate surface area is 192 Å². The van der Waals surface area contributed by atoms with E-state index >= 15 is 0 Å². The second-order valence-corrected chi connectivity index (χ2v) is 8.30. The van der Waals surface area contributed by atoms with E-state index in [1.165, 1.54) is 0 Å². The Morgan fingerprint density at radius 3 is 1.29 bits per heavy atom. The summed E-state index contributed by atoms with van der Waals surface area (Å²) in [4.78, 5) is 12.2. The van der Waals surface area contributed by atoms with Crippen molar-refractivity contribution in [3.05, 3.63) is 16.7 Å². The molecule has 0 amide bonds. The molecule has 0 bridgehead atoms. The highest BCUT2D eigenvalue weighted by Crippen LogP contribution is 2.52. The number of aliphatic hydroxyl groups excluding tert-OH is 8. The van der Waals surface area contributed by atoms with E-state index in [1.807, 2.05) is 0 Å². The molecule has 0 unspecified atom stereocenters.